The van der Waals surface area contributed by atoms with Crippen LogP contribution in [0, 0.1) is 5.92 Å². The first kappa shape index (κ1) is 21.2. The summed E-state index contributed by atoms with van der Waals surface area (Å²) < 4.78 is 10.1. The number of hydrogen-bond donors (Lipinski definition) is 2. The number of amides is 1. The Labute approximate surface area is 137 Å². The maximum atomic E-state index is 11.6. The van der Waals surface area contributed by atoms with Gasteiger partial charge in [-0.2, -0.15) is 0 Å². The van der Waals surface area contributed by atoms with E-state index in [1.807, 2.05) is 6.92 Å². The number of carbonyl (C=O) groups is 3. The molecule has 0 bridgehead atoms. The van der Waals surface area contributed by atoms with E-state index >= 15 is 0 Å². The summed E-state index contributed by atoms with van der Waals surface area (Å²) >= 11 is 0. The summed E-state index contributed by atoms with van der Waals surface area (Å²) in [5.74, 6) is -0.633. The first-order chi connectivity index (χ1) is 10.9. The fourth-order valence-corrected chi connectivity index (χ4v) is 2.20. The Morgan fingerprint density at radius 1 is 1.13 bits per heavy atom. The molecule has 2 N–H and O–H groups in total. The molecular weight excluding hydrogens is 302 g/mol. The Morgan fingerprint density at radius 2 is 1.70 bits per heavy atom. The van der Waals surface area contributed by atoms with E-state index in [-0.39, 0.29) is 12.4 Å². The molecule has 1 rings (SSSR count). The summed E-state index contributed by atoms with van der Waals surface area (Å²) in [7, 11) is 0. The molecule has 7 nitrogen and oxygen atoms in total. The van der Waals surface area contributed by atoms with Gasteiger partial charge in [-0.15, -0.1) is 0 Å². The van der Waals surface area contributed by atoms with Crippen molar-refractivity contribution in [2.75, 3.05) is 6.54 Å². The average Bonchev–Trinajstić information content (AvgIpc) is 2.52. The van der Waals surface area contributed by atoms with Gasteiger partial charge in [0.25, 0.3) is 5.97 Å². The van der Waals surface area contributed by atoms with E-state index in [1.165, 1.54) is 32.1 Å². The predicted octanol–water partition coefficient (Wildman–Crippen LogP) is 3.07. The molecule has 0 heterocycles. The van der Waals surface area contributed by atoms with Crippen molar-refractivity contribution in [2.45, 2.75) is 72.0 Å². The zero-order valence-electron chi connectivity index (χ0n) is 14.3. The number of nitrogens with one attached hydrogen (secondary N) is 1. The van der Waals surface area contributed by atoms with Crippen LogP contribution < -0.4 is 5.32 Å². The van der Waals surface area contributed by atoms with Crippen molar-refractivity contribution in [1.29, 1.82) is 0 Å². The Kier molecular flexibility index (Phi) is 11.7. The van der Waals surface area contributed by atoms with E-state index in [0.29, 0.717) is 18.9 Å². The number of rotatable bonds is 6. The third-order valence-electron chi connectivity index (χ3n) is 3.38. The largest absolute Gasteiger partial charge is 0.481 e. The van der Waals surface area contributed by atoms with Gasteiger partial charge in [-0.1, -0.05) is 33.1 Å². The van der Waals surface area contributed by atoms with Crippen molar-refractivity contribution in [1.82, 2.24) is 5.32 Å². The number of carboxylic acids is 1. The third kappa shape index (κ3) is 12.4. The highest BCUT2D eigenvalue weighted by Crippen LogP contribution is 2.22. The van der Waals surface area contributed by atoms with Gasteiger partial charge in [0.1, 0.15) is 0 Å². The van der Waals surface area contributed by atoms with Crippen LogP contribution in [0.3, 0.4) is 0 Å². The molecule has 1 saturated carbocycles. The monoisotopic (exact) mass is 331 g/mol. The maximum absolute atomic E-state index is 11.6. The fraction of sp³-hybridized carbons (Fsp3) is 0.812. The van der Waals surface area contributed by atoms with Crippen LogP contribution in [-0.2, 0) is 19.1 Å². The highest BCUT2D eigenvalue weighted by molar-refractivity contribution is 5.70. The smallest absolute Gasteiger partial charge is 0.410 e. The quantitative estimate of drug-likeness (QED) is 0.573. The maximum Gasteiger partial charge on any atom is 0.410 e. The molecule has 1 aliphatic rings. The molecule has 23 heavy (non-hydrogen) atoms. The lowest BCUT2D eigenvalue weighted by Crippen LogP contribution is -2.34. The topological polar surface area (TPSA) is 102 Å². The molecule has 0 aromatic carbocycles. The van der Waals surface area contributed by atoms with Gasteiger partial charge in [0.05, 0.1) is 0 Å². The highest BCUT2D eigenvalue weighted by Gasteiger charge is 2.18. The minimum Gasteiger partial charge on any atom is -0.481 e. The number of carbonyl (C=O) groups excluding carboxylic acids is 2. The molecule has 1 unspecified atom stereocenters. The van der Waals surface area contributed by atoms with Crippen molar-refractivity contribution in [3.05, 3.63) is 0 Å². The number of alkyl carbamates (subject to hydrolysis) is 1. The van der Waals surface area contributed by atoms with Crippen LogP contribution in [0.15, 0.2) is 0 Å². The molecule has 0 aromatic rings. The Morgan fingerprint density at radius 3 is 2.17 bits per heavy atom. The molecule has 0 aliphatic heterocycles. The second kappa shape index (κ2) is 12.7. The molecule has 7 heteroatoms. The van der Waals surface area contributed by atoms with Gasteiger partial charge >= 0.3 is 12.1 Å². The van der Waals surface area contributed by atoms with Gasteiger partial charge in [0.15, 0.2) is 0 Å². The van der Waals surface area contributed by atoms with Gasteiger partial charge in [-0.25, -0.2) is 4.79 Å². The lowest BCUT2D eigenvalue weighted by molar-refractivity contribution is -0.167. The molecule has 1 fully saturated rings. The van der Waals surface area contributed by atoms with Crippen molar-refractivity contribution in [3.63, 3.8) is 0 Å². The Bertz CT molecular complexity index is 362. The van der Waals surface area contributed by atoms with Gasteiger partial charge in [-0.05, 0) is 18.8 Å². The third-order valence-corrected chi connectivity index (χ3v) is 3.38. The van der Waals surface area contributed by atoms with Gasteiger partial charge < -0.3 is 19.9 Å². The lowest BCUT2D eigenvalue weighted by Gasteiger charge is -2.22. The van der Waals surface area contributed by atoms with Crippen LogP contribution in [0.5, 0.6) is 0 Å². The molecule has 134 valence electrons. The molecule has 0 spiro atoms. The molecule has 1 atom stereocenters. The Hall–Kier alpha value is -1.79. The van der Waals surface area contributed by atoms with E-state index in [4.69, 9.17) is 19.4 Å². The number of aliphatic carboxylic acids is 1. The van der Waals surface area contributed by atoms with Gasteiger partial charge in [0, 0.05) is 26.3 Å². The average molecular weight is 331 g/mol. The molecular formula is C16H29NO6. The minimum absolute atomic E-state index is 0.281. The zero-order chi connectivity index (χ0) is 17.7. The van der Waals surface area contributed by atoms with E-state index in [1.54, 1.807) is 6.92 Å². The Balaban J connectivity index is 0.00000108. The SMILES string of the molecule is CC(=O)O.CCC(=O)OC(CC)OC(=O)NCC1CCCCC1. The van der Waals surface area contributed by atoms with E-state index in [0.717, 1.165) is 6.92 Å². The normalized spacial score (nSPS) is 15.6. The number of esters is 1. The minimum atomic E-state index is -0.833. The zero-order valence-corrected chi connectivity index (χ0v) is 14.3. The summed E-state index contributed by atoms with van der Waals surface area (Å²) in [6.07, 6.45) is 5.59. The number of hydrogen-bond acceptors (Lipinski definition) is 5. The van der Waals surface area contributed by atoms with Crippen LogP contribution in [0.1, 0.15) is 65.7 Å². The summed E-state index contributed by atoms with van der Waals surface area (Å²) in [5, 5.41) is 10.2. The van der Waals surface area contributed by atoms with Crippen LogP contribution in [-0.4, -0.2) is 36.0 Å². The molecule has 1 amide bonds. The van der Waals surface area contributed by atoms with E-state index in [9.17, 15) is 9.59 Å². The molecule has 0 saturated heterocycles. The first-order valence-corrected chi connectivity index (χ1v) is 8.22. The van der Waals surface area contributed by atoms with E-state index in [2.05, 4.69) is 5.32 Å². The second-order valence-electron chi connectivity index (χ2n) is 5.49. The van der Waals surface area contributed by atoms with Crippen LogP contribution >= 0.6 is 0 Å². The van der Waals surface area contributed by atoms with Crippen molar-refractivity contribution in [3.8, 4) is 0 Å². The van der Waals surface area contributed by atoms with Gasteiger partial charge in [-0.3, -0.25) is 9.59 Å². The van der Waals surface area contributed by atoms with Gasteiger partial charge in [0.2, 0.25) is 6.29 Å². The summed E-state index contributed by atoms with van der Waals surface area (Å²) in [5.41, 5.74) is 0. The second-order valence-corrected chi connectivity index (χ2v) is 5.49. The first-order valence-electron chi connectivity index (χ1n) is 8.22. The fourth-order valence-electron chi connectivity index (χ4n) is 2.20. The van der Waals surface area contributed by atoms with Crippen LogP contribution in [0.4, 0.5) is 4.79 Å². The molecule has 0 aromatic heterocycles. The van der Waals surface area contributed by atoms with Crippen LogP contribution in [0.2, 0.25) is 0 Å². The van der Waals surface area contributed by atoms with Crippen molar-refractivity contribution >= 4 is 18.0 Å². The standard InChI is InChI=1S/C14H25NO4.C2H4O2/c1-3-12(16)18-13(4-2)19-14(17)15-10-11-8-6-5-7-9-11;1-2(3)4/h11,13H,3-10H2,1-2H3,(H,15,17);1H3,(H,3,4). The van der Waals surface area contributed by atoms with Crippen molar-refractivity contribution in [2.24, 2.45) is 5.92 Å². The highest BCUT2D eigenvalue weighted by atomic mass is 16.7. The predicted molar refractivity (Wildman–Crippen MR) is 84.8 cm³/mol. The molecule has 0 radical (unpaired) electrons. The summed E-state index contributed by atoms with van der Waals surface area (Å²) in [4.78, 5) is 31.7. The van der Waals surface area contributed by atoms with Crippen molar-refractivity contribution < 1.29 is 29.0 Å². The number of ether oxygens (including phenoxy) is 2. The molecule has 1 aliphatic carbocycles. The van der Waals surface area contributed by atoms with E-state index < -0.39 is 18.4 Å². The van der Waals surface area contributed by atoms with Crippen LogP contribution in [0.25, 0.3) is 0 Å². The lowest BCUT2D eigenvalue weighted by atomic mass is 9.89. The summed E-state index contributed by atoms with van der Waals surface area (Å²) in [6.45, 7) is 5.25. The number of carboxylic acid groups (broad SMARTS) is 1. The summed E-state index contributed by atoms with van der Waals surface area (Å²) in [6, 6.07) is 0.